The van der Waals surface area contributed by atoms with Crippen molar-refractivity contribution < 1.29 is 28.6 Å². The number of halogens is 3. The number of hydrogen-bond acceptors (Lipinski definition) is 6. The Balaban J connectivity index is 1.93. The summed E-state index contributed by atoms with van der Waals surface area (Å²) in [5.74, 6) is -2.38. The van der Waals surface area contributed by atoms with Crippen LogP contribution < -0.4 is 9.47 Å². The molecule has 1 atom stereocenters. The third kappa shape index (κ3) is 4.37. The van der Waals surface area contributed by atoms with Gasteiger partial charge in [-0.15, -0.1) is 11.3 Å². The van der Waals surface area contributed by atoms with Crippen molar-refractivity contribution in [1.29, 1.82) is 0 Å². The molecular weight excluding hydrogens is 516 g/mol. The number of methoxy groups -OCH3 is 2. The minimum Gasteiger partial charge on any atom is -0.507 e. The lowest BCUT2D eigenvalue weighted by Crippen LogP contribution is -2.29. The summed E-state index contributed by atoms with van der Waals surface area (Å²) >= 11 is 14.0. The molecule has 1 fully saturated rings. The van der Waals surface area contributed by atoms with Crippen molar-refractivity contribution in [2.45, 2.75) is 19.5 Å². The van der Waals surface area contributed by atoms with E-state index in [4.69, 9.17) is 32.7 Å². The van der Waals surface area contributed by atoms with Gasteiger partial charge in [-0.05, 0) is 47.7 Å². The Kier molecular flexibility index (Phi) is 7.07. The molecule has 2 aromatic carbocycles. The normalized spacial score (nSPS) is 17.2. The lowest BCUT2D eigenvalue weighted by Gasteiger charge is -2.25. The Labute approximate surface area is 215 Å². The van der Waals surface area contributed by atoms with Crippen molar-refractivity contribution in [3.05, 3.63) is 84.8 Å². The molecule has 3 aromatic rings. The molecule has 35 heavy (non-hydrogen) atoms. The van der Waals surface area contributed by atoms with E-state index < -0.39 is 29.3 Å². The van der Waals surface area contributed by atoms with Gasteiger partial charge in [-0.25, -0.2) is 4.39 Å². The summed E-state index contributed by atoms with van der Waals surface area (Å²) in [6.45, 7) is 1.89. The minimum absolute atomic E-state index is 0.00782. The second-order valence-corrected chi connectivity index (χ2v) is 9.54. The number of amides is 1. The summed E-state index contributed by atoms with van der Waals surface area (Å²) < 4.78 is 24.0. The third-order valence-corrected chi connectivity index (χ3v) is 7.45. The van der Waals surface area contributed by atoms with Crippen LogP contribution in [-0.4, -0.2) is 35.9 Å². The highest BCUT2D eigenvalue weighted by atomic mass is 35.5. The monoisotopic (exact) mass is 535 g/mol. The molecule has 10 heteroatoms. The van der Waals surface area contributed by atoms with E-state index in [1.807, 2.05) is 18.4 Å². The first-order valence-corrected chi connectivity index (χ1v) is 12.0. The van der Waals surface area contributed by atoms with E-state index in [-0.39, 0.29) is 39.2 Å². The number of ketones is 1. The zero-order chi connectivity index (χ0) is 25.4. The summed E-state index contributed by atoms with van der Waals surface area (Å²) in [5, 5.41) is 13.3. The molecule has 0 radical (unpaired) electrons. The average Bonchev–Trinajstić information content (AvgIpc) is 3.35. The van der Waals surface area contributed by atoms with Crippen molar-refractivity contribution in [3.63, 3.8) is 0 Å². The molecule has 0 spiro atoms. The Morgan fingerprint density at radius 1 is 1.11 bits per heavy atom. The maximum absolute atomic E-state index is 13.4. The molecule has 1 amide bonds. The fourth-order valence-corrected chi connectivity index (χ4v) is 5.79. The predicted molar refractivity (Wildman–Crippen MR) is 133 cm³/mol. The molecule has 0 bridgehead atoms. The maximum Gasteiger partial charge on any atom is 0.295 e. The van der Waals surface area contributed by atoms with E-state index in [1.165, 1.54) is 48.7 Å². The van der Waals surface area contributed by atoms with Crippen molar-refractivity contribution in [3.8, 4) is 11.5 Å². The number of nitrogens with zero attached hydrogens (tertiary/aromatic N) is 1. The van der Waals surface area contributed by atoms with Gasteiger partial charge >= 0.3 is 0 Å². The van der Waals surface area contributed by atoms with Crippen LogP contribution in [0.4, 0.5) is 4.39 Å². The number of aliphatic hydroxyl groups excluding tert-OH is 1. The van der Waals surface area contributed by atoms with Gasteiger partial charge in [-0.1, -0.05) is 35.3 Å². The summed E-state index contributed by atoms with van der Waals surface area (Å²) in [6, 6.07) is 7.99. The molecule has 1 aliphatic rings. The maximum atomic E-state index is 13.4. The molecule has 4 rings (SSSR count). The van der Waals surface area contributed by atoms with Gasteiger partial charge in [0.05, 0.1) is 30.4 Å². The highest BCUT2D eigenvalue weighted by molar-refractivity contribution is 7.10. The van der Waals surface area contributed by atoms with Crippen molar-refractivity contribution >= 4 is 52.0 Å². The van der Waals surface area contributed by atoms with Gasteiger partial charge in [0.25, 0.3) is 11.7 Å². The second-order valence-electron chi connectivity index (χ2n) is 7.81. The van der Waals surface area contributed by atoms with E-state index in [0.717, 1.165) is 5.56 Å². The summed E-state index contributed by atoms with van der Waals surface area (Å²) in [4.78, 5) is 28.5. The number of carbonyl (C=O) groups is 2. The topological polar surface area (TPSA) is 76.1 Å². The predicted octanol–water partition coefficient (Wildman–Crippen LogP) is 6.14. The van der Waals surface area contributed by atoms with Gasteiger partial charge in [0.1, 0.15) is 22.6 Å². The van der Waals surface area contributed by atoms with Crippen molar-refractivity contribution in [2.75, 3.05) is 14.2 Å². The number of rotatable bonds is 6. The lowest BCUT2D eigenvalue weighted by molar-refractivity contribution is -0.140. The van der Waals surface area contributed by atoms with E-state index >= 15 is 0 Å². The Morgan fingerprint density at radius 2 is 1.77 bits per heavy atom. The summed E-state index contributed by atoms with van der Waals surface area (Å²) in [7, 11) is 2.73. The molecule has 0 aliphatic carbocycles. The van der Waals surface area contributed by atoms with E-state index in [9.17, 15) is 19.1 Å². The number of thiophene rings is 1. The van der Waals surface area contributed by atoms with Crippen LogP contribution in [-0.2, 0) is 16.1 Å². The van der Waals surface area contributed by atoms with Crippen LogP contribution in [0.5, 0.6) is 11.5 Å². The molecule has 6 nitrogen and oxygen atoms in total. The molecule has 1 aliphatic heterocycles. The van der Waals surface area contributed by atoms with Crippen LogP contribution in [0.2, 0.25) is 10.0 Å². The van der Waals surface area contributed by atoms with Crippen LogP contribution in [0.25, 0.3) is 5.76 Å². The van der Waals surface area contributed by atoms with E-state index in [1.54, 1.807) is 12.1 Å². The fourth-order valence-electron chi connectivity index (χ4n) is 4.06. The van der Waals surface area contributed by atoms with Crippen LogP contribution in [0.1, 0.15) is 27.6 Å². The molecule has 1 saturated heterocycles. The fraction of sp³-hybridized carbons (Fsp3) is 0.200. The number of likely N-dealkylation sites (tertiary alicyclic amines) is 1. The van der Waals surface area contributed by atoms with Crippen molar-refractivity contribution in [2.24, 2.45) is 0 Å². The number of ether oxygens (including phenoxy) is 2. The lowest BCUT2D eigenvalue weighted by atomic mass is 9.97. The third-order valence-electron chi connectivity index (χ3n) is 5.75. The standard InChI is InChI=1S/C25H20Cl2FNO5S/c1-12-8-9-35-24(12)19-17(20(30)15-10-16(26)23(34-3)18(27)22(15)33-2)21(31)25(32)29(19)11-13-4-6-14(28)7-5-13/h4-10,19,30H,11H2,1-3H3/b20-17+. The largest absolute Gasteiger partial charge is 0.507 e. The number of Topliss-reactive ketones (excluding diaryl/α,β-unsaturated/α-hetero) is 1. The first-order valence-electron chi connectivity index (χ1n) is 10.4. The van der Waals surface area contributed by atoms with Crippen LogP contribution >= 0.6 is 34.5 Å². The molecule has 2 heterocycles. The van der Waals surface area contributed by atoms with Crippen LogP contribution in [0.15, 0.2) is 47.4 Å². The van der Waals surface area contributed by atoms with Gasteiger partial charge in [0.2, 0.25) is 0 Å². The van der Waals surface area contributed by atoms with Gasteiger partial charge in [0, 0.05) is 11.4 Å². The Morgan fingerprint density at radius 3 is 2.34 bits per heavy atom. The number of aliphatic hydroxyl groups is 1. The van der Waals surface area contributed by atoms with Crippen molar-refractivity contribution in [1.82, 2.24) is 4.90 Å². The molecule has 182 valence electrons. The highest BCUT2D eigenvalue weighted by Crippen LogP contribution is 2.48. The Hall–Kier alpha value is -3.07. The zero-order valence-electron chi connectivity index (χ0n) is 18.9. The number of aryl methyl sites for hydroxylation is 1. The minimum atomic E-state index is -0.885. The highest BCUT2D eigenvalue weighted by Gasteiger charge is 2.47. The second kappa shape index (κ2) is 9.89. The van der Waals surface area contributed by atoms with Gasteiger partial charge in [-0.3, -0.25) is 9.59 Å². The molecule has 0 saturated carbocycles. The first-order chi connectivity index (χ1) is 16.7. The smallest absolute Gasteiger partial charge is 0.295 e. The molecular formula is C25H20Cl2FNO5S. The van der Waals surface area contributed by atoms with Crippen LogP contribution in [0.3, 0.4) is 0 Å². The number of hydrogen-bond donors (Lipinski definition) is 1. The van der Waals surface area contributed by atoms with E-state index in [0.29, 0.717) is 10.4 Å². The summed E-state index contributed by atoms with van der Waals surface area (Å²) in [6.07, 6.45) is 0. The van der Waals surface area contributed by atoms with Gasteiger partial charge in [0.15, 0.2) is 11.5 Å². The quantitative estimate of drug-likeness (QED) is 0.233. The molecule has 1 N–H and O–H groups in total. The average molecular weight is 536 g/mol. The molecule has 1 aromatic heterocycles. The number of benzene rings is 2. The van der Waals surface area contributed by atoms with Gasteiger partial charge < -0.3 is 19.5 Å². The van der Waals surface area contributed by atoms with Crippen LogP contribution in [0, 0.1) is 12.7 Å². The number of carbonyl (C=O) groups excluding carboxylic acids is 2. The van der Waals surface area contributed by atoms with E-state index in [2.05, 4.69) is 0 Å². The summed E-state index contributed by atoms with van der Waals surface area (Å²) in [5.41, 5.74) is 1.39. The molecule has 1 unspecified atom stereocenters. The van der Waals surface area contributed by atoms with Gasteiger partial charge in [-0.2, -0.15) is 0 Å². The zero-order valence-corrected chi connectivity index (χ0v) is 21.2. The first kappa shape index (κ1) is 25.0. The SMILES string of the molecule is COc1c(Cl)cc(/C(O)=C2\C(=O)C(=O)N(Cc3ccc(F)cc3)C2c2sccc2C)c(OC)c1Cl. The Bertz CT molecular complexity index is 1350.